The molecule has 4 nitrogen and oxygen atoms in total. The predicted octanol–water partition coefficient (Wildman–Crippen LogP) is 2.92. The summed E-state index contributed by atoms with van der Waals surface area (Å²) in [6.45, 7) is 1.67. The van der Waals surface area contributed by atoms with Crippen molar-refractivity contribution >= 4 is 5.82 Å². The summed E-state index contributed by atoms with van der Waals surface area (Å²) in [5.74, 6) is 0.869. The van der Waals surface area contributed by atoms with Crippen molar-refractivity contribution in [3.8, 4) is 0 Å². The lowest BCUT2D eigenvalue weighted by atomic mass is 10.1. The molecule has 0 fully saturated rings. The molecule has 0 atom stereocenters. The van der Waals surface area contributed by atoms with Crippen LogP contribution in [0.15, 0.2) is 67.4 Å². The van der Waals surface area contributed by atoms with E-state index in [4.69, 9.17) is 0 Å². The predicted molar refractivity (Wildman–Crippen MR) is 86.3 cm³/mol. The highest BCUT2D eigenvalue weighted by atomic mass is 15.2. The van der Waals surface area contributed by atoms with Gasteiger partial charge in [0.15, 0.2) is 0 Å². The molecule has 0 unspecified atom stereocenters. The van der Waals surface area contributed by atoms with Crippen LogP contribution in [0.2, 0.25) is 0 Å². The minimum atomic E-state index is 0.793. The highest BCUT2D eigenvalue weighted by Gasteiger charge is 2.09. The van der Waals surface area contributed by atoms with Gasteiger partial charge in [0.05, 0.1) is 0 Å². The molecule has 0 saturated heterocycles. The van der Waals surface area contributed by atoms with E-state index in [1.165, 1.54) is 11.1 Å². The molecule has 0 aliphatic rings. The number of aromatic nitrogens is 3. The van der Waals surface area contributed by atoms with Gasteiger partial charge in [0.1, 0.15) is 5.82 Å². The summed E-state index contributed by atoms with van der Waals surface area (Å²) in [5.41, 5.74) is 2.48. The summed E-state index contributed by atoms with van der Waals surface area (Å²) in [6.07, 6.45) is 10.0. The maximum atomic E-state index is 4.43. The van der Waals surface area contributed by atoms with Gasteiger partial charge >= 0.3 is 0 Å². The topological polar surface area (TPSA) is 41.9 Å². The molecular formula is C18H17N4. The number of hydrogen-bond acceptors (Lipinski definition) is 4. The summed E-state index contributed by atoms with van der Waals surface area (Å²) in [7, 11) is 0. The second-order valence-corrected chi connectivity index (χ2v) is 4.99. The summed E-state index contributed by atoms with van der Waals surface area (Å²) in [5, 5.41) is 0. The zero-order valence-electron chi connectivity index (χ0n) is 12.3. The molecule has 3 rings (SSSR count). The third-order valence-corrected chi connectivity index (χ3v) is 3.43. The molecule has 3 aromatic rings. The third-order valence-electron chi connectivity index (χ3n) is 3.43. The molecule has 0 saturated carbocycles. The van der Waals surface area contributed by atoms with Crippen LogP contribution in [0.25, 0.3) is 0 Å². The van der Waals surface area contributed by atoms with E-state index in [1.807, 2.05) is 61.2 Å². The molecule has 22 heavy (non-hydrogen) atoms. The molecule has 0 spiro atoms. The van der Waals surface area contributed by atoms with Crippen molar-refractivity contribution < 1.29 is 0 Å². The fourth-order valence-electron chi connectivity index (χ4n) is 2.27. The van der Waals surface area contributed by atoms with E-state index in [9.17, 15) is 0 Å². The molecule has 1 radical (unpaired) electrons. The van der Waals surface area contributed by atoms with Crippen molar-refractivity contribution in [3.63, 3.8) is 0 Å². The number of pyridine rings is 3. The van der Waals surface area contributed by atoms with Gasteiger partial charge in [-0.3, -0.25) is 9.97 Å². The van der Waals surface area contributed by atoms with E-state index in [0.717, 1.165) is 25.3 Å². The van der Waals surface area contributed by atoms with E-state index < -0.39 is 0 Å². The van der Waals surface area contributed by atoms with Crippen LogP contribution >= 0.6 is 0 Å². The van der Waals surface area contributed by atoms with E-state index in [0.29, 0.717) is 0 Å². The van der Waals surface area contributed by atoms with Crippen LogP contribution in [0.1, 0.15) is 11.1 Å². The van der Waals surface area contributed by atoms with Crippen molar-refractivity contribution in [2.45, 2.75) is 13.0 Å². The van der Waals surface area contributed by atoms with Gasteiger partial charge in [-0.2, -0.15) is 0 Å². The van der Waals surface area contributed by atoms with Crippen LogP contribution < -0.4 is 4.90 Å². The van der Waals surface area contributed by atoms with Crippen molar-refractivity contribution in [3.05, 3.63) is 84.6 Å². The molecular weight excluding hydrogens is 272 g/mol. The Morgan fingerprint density at radius 2 is 1.55 bits per heavy atom. The second-order valence-electron chi connectivity index (χ2n) is 4.99. The van der Waals surface area contributed by atoms with Gasteiger partial charge < -0.3 is 4.90 Å². The second kappa shape index (κ2) is 7.31. The largest absolute Gasteiger partial charge is 0.351 e. The van der Waals surface area contributed by atoms with Gasteiger partial charge in [0.25, 0.3) is 0 Å². The molecule has 109 valence electrons. The lowest BCUT2D eigenvalue weighted by Crippen LogP contribution is -2.26. The molecule has 3 aromatic heterocycles. The fourth-order valence-corrected chi connectivity index (χ4v) is 2.27. The lowest BCUT2D eigenvalue weighted by molar-refractivity contribution is 0.766. The number of nitrogens with zero attached hydrogens (tertiary/aromatic N) is 4. The van der Waals surface area contributed by atoms with Crippen LogP contribution in [0.3, 0.4) is 0 Å². The SMILES string of the molecule is [c]1cccnc1N(CCc1ccncc1)Cc1ccncc1. The minimum Gasteiger partial charge on any atom is -0.351 e. The Morgan fingerprint density at radius 3 is 2.18 bits per heavy atom. The third kappa shape index (κ3) is 3.88. The van der Waals surface area contributed by atoms with Gasteiger partial charge in [-0.25, -0.2) is 4.98 Å². The standard InChI is InChI=1S/C18H17N4/c1-2-9-21-18(3-1)22(15-17-6-12-20-13-7-17)14-8-16-4-10-19-11-5-16/h1-2,4-7,9-13H,8,14-15H2. The Morgan fingerprint density at radius 1 is 0.864 bits per heavy atom. The molecule has 0 N–H and O–H groups in total. The maximum Gasteiger partial charge on any atom is 0.136 e. The normalized spacial score (nSPS) is 10.4. The average Bonchev–Trinajstić information content (AvgIpc) is 2.61. The van der Waals surface area contributed by atoms with Crippen LogP contribution in [-0.4, -0.2) is 21.5 Å². The minimum absolute atomic E-state index is 0.793. The Labute approximate surface area is 130 Å². The van der Waals surface area contributed by atoms with Crippen molar-refractivity contribution in [2.75, 3.05) is 11.4 Å². The molecule has 3 heterocycles. The molecule has 4 heteroatoms. The van der Waals surface area contributed by atoms with Gasteiger partial charge in [0.2, 0.25) is 0 Å². The van der Waals surface area contributed by atoms with Gasteiger partial charge in [-0.15, -0.1) is 0 Å². The van der Waals surface area contributed by atoms with Crippen molar-refractivity contribution in [1.29, 1.82) is 0 Å². The maximum absolute atomic E-state index is 4.43. The highest BCUT2D eigenvalue weighted by Crippen LogP contribution is 2.14. The van der Waals surface area contributed by atoms with E-state index in [-0.39, 0.29) is 0 Å². The molecule has 0 bridgehead atoms. The number of rotatable bonds is 6. The van der Waals surface area contributed by atoms with Gasteiger partial charge in [0, 0.05) is 50.1 Å². The summed E-state index contributed by atoms with van der Waals surface area (Å²) < 4.78 is 0. The van der Waals surface area contributed by atoms with Gasteiger partial charge in [-0.1, -0.05) is 0 Å². The number of anilines is 1. The van der Waals surface area contributed by atoms with Crippen LogP contribution in [-0.2, 0) is 13.0 Å². The smallest absolute Gasteiger partial charge is 0.136 e. The summed E-state index contributed by atoms with van der Waals surface area (Å²) >= 11 is 0. The monoisotopic (exact) mass is 289 g/mol. The summed E-state index contributed by atoms with van der Waals surface area (Å²) in [4.78, 5) is 14.8. The molecule has 0 amide bonds. The van der Waals surface area contributed by atoms with E-state index >= 15 is 0 Å². The average molecular weight is 289 g/mol. The molecule has 0 aromatic carbocycles. The fraction of sp³-hybridized carbons (Fsp3) is 0.167. The molecule has 0 aliphatic carbocycles. The first-order valence-corrected chi connectivity index (χ1v) is 7.27. The first-order chi connectivity index (χ1) is 10.9. The summed E-state index contributed by atoms with van der Waals surface area (Å²) in [6, 6.07) is 15.2. The van der Waals surface area contributed by atoms with Crippen LogP contribution in [0, 0.1) is 6.07 Å². The molecule has 0 aliphatic heterocycles. The number of hydrogen-bond donors (Lipinski definition) is 0. The Kier molecular flexibility index (Phi) is 4.72. The first-order valence-electron chi connectivity index (χ1n) is 7.27. The quantitative estimate of drug-likeness (QED) is 0.699. The van der Waals surface area contributed by atoms with Crippen molar-refractivity contribution in [1.82, 2.24) is 15.0 Å². The van der Waals surface area contributed by atoms with Crippen LogP contribution in [0.5, 0.6) is 0 Å². The van der Waals surface area contributed by atoms with E-state index in [2.05, 4.69) is 25.9 Å². The zero-order valence-corrected chi connectivity index (χ0v) is 12.3. The van der Waals surface area contributed by atoms with Crippen molar-refractivity contribution in [2.24, 2.45) is 0 Å². The Hall–Kier alpha value is -2.75. The van der Waals surface area contributed by atoms with E-state index in [1.54, 1.807) is 6.20 Å². The van der Waals surface area contributed by atoms with Crippen LogP contribution in [0.4, 0.5) is 5.82 Å². The Bertz CT molecular complexity index is 671. The lowest BCUT2D eigenvalue weighted by Gasteiger charge is -2.23. The first kappa shape index (κ1) is 14.2. The van der Waals surface area contributed by atoms with Gasteiger partial charge in [-0.05, 0) is 53.9 Å². The highest BCUT2D eigenvalue weighted by molar-refractivity contribution is 5.38. The zero-order chi connectivity index (χ0) is 15.0. The Balaban J connectivity index is 1.74.